The van der Waals surface area contributed by atoms with Crippen LogP contribution in [0.3, 0.4) is 0 Å². The van der Waals surface area contributed by atoms with E-state index in [9.17, 15) is 20.0 Å². The highest BCUT2D eigenvalue weighted by molar-refractivity contribution is 5.74. The third kappa shape index (κ3) is 6.65. The first-order valence-electron chi connectivity index (χ1n) is 7.80. The third-order valence-corrected chi connectivity index (χ3v) is 3.44. The first kappa shape index (κ1) is 18.9. The molecular formula is C16H25N3O4. The Morgan fingerprint density at radius 2 is 2.09 bits per heavy atom. The second-order valence-corrected chi connectivity index (χ2v) is 5.95. The van der Waals surface area contributed by atoms with Crippen molar-refractivity contribution >= 4 is 11.7 Å². The highest BCUT2D eigenvalue weighted by Gasteiger charge is 2.16. The van der Waals surface area contributed by atoms with Crippen LogP contribution in [-0.4, -0.2) is 28.7 Å². The number of rotatable bonds is 8. The molecule has 23 heavy (non-hydrogen) atoms. The van der Waals surface area contributed by atoms with Crippen LogP contribution in [0.2, 0.25) is 0 Å². The molecule has 7 heteroatoms. The minimum Gasteiger partial charge on any atom is -0.391 e. The van der Waals surface area contributed by atoms with E-state index < -0.39 is 17.1 Å². The standard InChI is InChI=1S/C16H25N3O4/c1-4-15(12-6-5-7-13(9-12)19(22)23)18-16(21)17-10-14(20)8-11(2)3/h5-7,9,11,14-15,20H,4,8,10H2,1-3H3,(H2,17,18,21). The van der Waals surface area contributed by atoms with Gasteiger partial charge < -0.3 is 15.7 Å². The number of nitro benzene ring substituents is 1. The van der Waals surface area contributed by atoms with E-state index in [-0.39, 0.29) is 18.3 Å². The normalized spacial score (nSPS) is 13.4. The van der Waals surface area contributed by atoms with Crippen molar-refractivity contribution in [2.75, 3.05) is 6.54 Å². The van der Waals surface area contributed by atoms with Crippen LogP contribution < -0.4 is 10.6 Å². The fourth-order valence-corrected chi connectivity index (χ4v) is 2.32. The number of hydrogen-bond acceptors (Lipinski definition) is 4. The number of carbonyl (C=O) groups is 1. The summed E-state index contributed by atoms with van der Waals surface area (Å²) in [5.41, 5.74) is 0.676. The summed E-state index contributed by atoms with van der Waals surface area (Å²) < 4.78 is 0. The van der Waals surface area contributed by atoms with Gasteiger partial charge >= 0.3 is 6.03 Å². The van der Waals surface area contributed by atoms with E-state index in [2.05, 4.69) is 10.6 Å². The Kier molecular flexibility index (Phi) is 7.47. The van der Waals surface area contributed by atoms with Crippen LogP contribution in [0.1, 0.15) is 45.2 Å². The summed E-state index contributed by atoms with van der Waals surface area (Å²) in [5, 5.41) is 26.0. The molecule has 0 heterocycles. The number of aliphatic hydroxyl groups excluding tert-OH is 1. The number of hydrogen-bond donors (Lipinski definition) is 3. The smallest absolute Gasteiger partial charge is 0.315 e. The Hall–Kier alpha value is -2.15. The number of nitrogens with zero attached hydrogens (tertiary/aromatic N) is 1. The Morgan fingerprint density at radius 1 is 1.39 bits per heavy atom. The maximum absolute atomic E-state index is 11.9. The van der Waals surface area contributed by atoms with E-state index in [0.717, 1.165) is 0 Å². The first-order valence-corrected chi connectivity index (χ1v) is 7.80. The van der Waals surface area contributed by atoms with Crippen molar-refractivity contribution < 1.29 is 14.8 Å². The number of carbonyl (C=O) groups excluding carboxylic acids is 1. The quantitative estimate of drug-likeness (QED) is 0.505. The molecule has 0 aliphatic heterocycles. The van der Waals surface area contributed by atoms with Crippen molar-refractivity contribution in [2.45, 2.75) is 45.8 Å². The molecule has 128 valence electrons. The second kappa shape index (κ2) is 9.09. The molecule has 0 aliphatic carbocycles. The summed E-state index contributed by atoms with van der Waals surface area (Å²) in [6.07, 6.45) is 0.629. The Balaban J connectivity index is 2.60. The highest BCUT2D eigenvalue weighted by atomic mass is 16.6. The lowest BCUT2D eigenvalue weighted by molar-refractivity contribution is -0.384. The van der Waals surface area contributed by atoms with Crippen molar-refractivity contribution in [2.24, 2.45) is 5.92 Å². The molecule has 0 aromatic heterocycles. The molecule has 1 aromatic rings. The number of urea groups is 1. The van der Waals surface area contributed by atoms with Gasteiger partial charge in [-0.3, -0.25) is 10.1 Å². The van der Waals surface area contributed by atoms with Crippen molar-refractivity contribution in [3.63, 3.8) is 0 Å². The van der Waals surface area contributed by atoms with E-state index >= 15 is 0 Å². The molecule has 7 nitrogen and oxygen atoms in total. The molecule has 2 unspecified atom stereocenters. The van der Waals surface area contributed by atoms with Gasteiger partial charge in [-0.25, -0.2) is 4.79 Å². The zero-order valence-electron chi connectivity index (χ0n) is 13.8. The largest absolute Gasteiger partial charge is 0.391 e. The maximum Gasteiger partial charge on any atom is 0.315 e. The van der Waals surface area contributed by atoms with Gasteiger partial charge in [0.2, 0.25) is 0 Å². The molecule has 0 saturated carbocycles. The molecule has 0 spiro atoms. The van der Waals surface area contributed by atoms with Crippen molar-refractivity contribution in [1.29, 1.82) is 0 Å². The van der Waals surface area contributed by atoms with Gasteiger partial charge in [0, 0.05) is 18.7 Å². The Morgan fingerprint density at radius 3 is 2.65 bits per heavy atom. The van der Waals surface area contributed by atoms with Gasteiger partial charge in [0.25, 0.3) is 5.69 Å². The predicted octanol–water partition coefficient (Wildman–Crippen LogP) is 2.75. The van der Waals surface area contributed by atoms with Gasteiger partial charge in [-0.1, -0.05) is 32.9 Å². The molecule has 0 bridgehead atoms. The molecule has 2 amide bonds. The Bertz CT molecular complexity index is 534. The molecule has 2 atom stereocenters. The molecular weight excluding hydrogens is 298 g/mol. The summed E-state index contributed by atoms with van der Waals surface area (Å²) in [4.78, 5) is 22.3. The van der Waals surface area contributed by atoms with Gasteiger partial charge in [-0.2, -0.15) is 0 Å². The van der Waals surface area contributed by atoms with Crippen LogP contribution in [0.4, 0.5) is 10.5 Å². The molecule has 0 saturated heterocycles. The van der Waals surface area contributed by atoms with Crippen molar-refractivity contribution in [1.82, 2.24) is 10.6 Å². The lowest BCUT2D eigenvalue weighted by Crippen LogP contribution is -2.41. The highest BCUT2D eigenvalue weighted by Crippen LogP contribution is 2.21. The van der Waals surface area contributed by atoms with E-state index in [4.69, 9.17) is 0 Å². The number of non-ortho nitro benzene ring substituents is 1. The Labute approximate surface area is 136 Å². The SMILES string of the molecule is CCC(NC(=O)NCC(O)CC(C)C)c1cccc([N+](=O)[O-])c1. The van der Waals surface area contributed by atoms with Gasteiger partial charge in [-0.15, -0.1) is 0 Å². The van der Waals surface area contributed by atoms with Crippen LogP contribution in [0.5, 0.6) is 0 Å². The van der Waals surface area contributed by atoms with Crippen LogP contribution in [0.15, 0.2) is 24.3 Å². The average molecular weight is 323 g/mol. The first-order chi connectivity index (χ1) is 10.8. The number of aliphatic hydroxyl groups is 1. The molecule has 0 fully saturated rings. The van der Waals surface area contributed by atoms with Gasteiger partial charge in [0.1, 0.15) is 0 Å². The molecule has 0 aliphatic rings. The van der Waals surface area contributed by atoms with E-state index in [1.807, 2.05) is 20.8 Å². The zero-order valence-corrected chi connectivity index (χ0v) is 13.8. The minimum absolute atomic E-state index is 0.00415. The van der Waals surface area contributed by atoms with E-state index in [0.29, 0.717) is 24.3 Å². The average Bonchev–Trinajstić information content (AvgIpc) is 2.50. The summed E-state index contributed by atoms with van der Waals surface area (Å²) >= 11 is 0. The fourth-order valence-electron chi connectivity index (χ4n) is 2.32. The number of nitrogens with one attached hydrogen (secondary N) is 2. The van der Waals surface area contributed by atoms with Crippen LogP contribution in [0, 0.1) is 16.0 Å². The van der Waals surface area contributed by atoms with Gasteiger partial charge in [0.15, 0.2) is 0 Å². The van der Waals surface area contributed by atoms with E-state index in [1.54, 1.807) is 12.1 Å². The fraction of sp³-hybridized carbons (Fsp3) is 0.562. The zero-order chi connectivity index (χ0) is 17.4. The topological polar surface area (TPSA) is 104 Å². The summed E-state index contributed by atoms with van der Waals surface area (Å²) in [6.45, 7) is 6.06. The van der Waals surface area contributed by atoms with Crippen LogP contribution in [0.25, 0.3) is 0 Å². The van der Waals surface area contributed by atoms with Crippen LogP contribution in [-0.2, 0) is 0 Å². The lowest BCUT2D eigenvalue weighted by atomic mass is 10.0. The van der Waals surface area contributed by atoms with Crippen LogP contribution >= 0.6 is 0 Å². The van der Waals surface area contributed by atoms with Gasteiger partial charge in [-0.05, 0) is 24.3 Å². The molecule has 0 radical (unpaired) electrons. The second-order valence-electron chi connectivity index (χ2n) is 5.95. The summed E-state index contributed by atoms with van der Waals surface area (Å²) in [6, 6.07) is 5.50. The number of amides is 2. The minimum atomic E-state index is -0.585. The molecule has 1 rings (SSSR count). The lowest BCUT2D eigenvalue weighted by Gasteiger charge is -2.19. The predicted molar refractivity (Wildman–Crippen MR) is 88.1 cm³/mol. The summed E-state index contributed by atoms with van der Waals surface area (Å²) in [5.74, 6) is 0.350. The number of nitro groups is 1. The molecule has 1 aromatic carbocycles. The maximum atomic E-state index is 11.9. The monoisotopic (exact) mass is 323 g/mol. The number of benzene rings is 1. The van der Waals surface area contributed by atoms with Gasteiger partial charge in [0.05, 0.1) is 17.1 Å². The van der Waals surface area contributed by atoms with Crippen molar-refractivity contribution in [3.05, 3.63) is 39.9 Å². The molecule has 3 N–H and O–H groups in total. The summed E-state index contributed by atoms with van der Waals surface area (Å²) in [7, 11) is 0. The van der Waals surface area contributed by atoms with E-state index in [1.165, 1.54) is 12.1 Å². The van der Waals surface area contributed by atoms with Crippen molar-refractivity contribution in [3.8, 4) is 0 Å². The third-order valence-electron chi connectivity index (χ3n) is 3.44.